The summed E-state index contributed by atoms with van der Waals surface area (Å²) in [5, 5.41) is 11.8. The van der Waals surface area contributed by atoms with Crippen molar-refractivity contribution < 1.29 is 9.53 Å². The third-order valence-electron chi connectivity index (χ3n) is 2.94. The molecular formula is C15H20N2O2. The number of amides is 1. The fourth-order valence-electron chi connectivity index (χ4n) is 1.45. The number of hydrogen-bond donors (Lipinski definition) is 1. The van der Waals surface area contributed by atoms with Gasteiger partial charge in [0.15, 0.2) is 0 Å². The normalized spacial score (nSPS) is 13.5. The van der Waals surface area contributed by atoms with Gasteiger partial charge in [0, 0.05) is 5.69 Å². The molecule has 19 heavy (non-hydrogen) atoms. The number of carbonyl (C=O) groups excluding carboxylic acids is 1. The van der Waals surface area contributed by atoms with E-state index >= 15 is 0 Å². The molecule has 0 saturated carbocycles. The fourth-order valence-corrected chi connectivity index (χ4v) is 1.45. The Morgan fingerprint density at radius 3 is 2.42 bits per heavy atom. The molecular weight excluding hydrogens is 240 g/mol. The highest BCUT2D eigenvalue weighted by Gasteiger charge is 2.31. The van der Waals surface area contributed by atoms with Crippen LogP contribution in [-0.4, -0.2) is 12.0 Å². The van der Waals surface area contributed by atoms with Crippen molar-refractivity contribution in [1.29, 1.82) is 5.26 Å². The van der Waals surface area contributed by atoms with Crippen molar-refractivity contribution in [1.82, 2.24) is 0 Å². The van der Waals surface area contributed by atoms with Crippen LogP contribution in [0.1, 0.15) is 34.1 Å². The minimum absolute atomic E-state index is 0.113. The molecule has 0 heterocycles. The Bertz CT molecular complexity index is 474. The molecule has 0 bridgehead atoms. The summed E-state index contributed by atoms with van der Waals surface area (Å²) in [6.07, 6.45) is 0.589. The maximum atomic E-state index is 12.0. The maximum absolute atomic E-state index is 12.0. The molecule has 1 amide bonds. The predicted molar refractivity (Wildman–Crippen MR) is 74.8 cm³/mol. The molecule has 4 heteroatoms. The smallest absolute Gasteiger partial charge is 0.244 e. The lowest BCUT2D eigenvalue weighted by molar-refractivity contribution is -0.122. The molecule has 1 unspecified atom stereocenters. The molecule has 0 aliphatic rings. The molecule has 0 aliphatic heterocycles. The van der Waals surface area contributed by atoms with Crippen LogP contribution >= 0.6 is 0 Å². The first-order valence-corrected chi connectivity index (χ1v) is 6.40. The molecule has 0 radical (unpaired) electrons. The van der Waals surface area contributed by atoms with Crippen LogP contribution in [0.2, 0.25) is 0 Å². The lowest BCUT2D eigenvalue weighted by Crippen LogP contribution is -2.31. The van der Waals surface area contributed by atoms with E-state index in [1.807, 2.05) is 26.8 Å². The van der Waals surface area contributed by atoms with Crippen LogP contribution in [0.4, 0.5) is 5.69 Å². The van der Waals surface area contributed by atoms with Gasteiger partial charge in [-0.1, -0.05) is 6.92 Å². The molecule has 1 aromatic carbocycles. The van der Waals surface area contributed by atoms with E-state index in [1.165, 1.54) is 0 Å². The van der Waals surface area contributed by atoms with Crippen LogP contribution in [0.5, 0.6) is 5.75 Å². The van der Waals surface area contributed by atoms with Gasteiger partial charge in [-0.05, 0) is 51.5 Å². The van der Waals surface area contributed by atoms with Crippen molar-refractivity contribution in [2.24, 2.45) is 5.41 Å². The number of hydrogen-bond acceptors (Lipinski definition) is 3. The Kier molecular flexibility index (Phi) is 4.94. The standard InChI is InChI=1S/C15H20N2O2/c1-5-15(4,10-16)14(18)17-12-6-8-13(9-7-12)19-11(2)3/h6-9,11H,5H2,1-4H3,(H,17,18). The van der Waals surface area contributed by atoms with Crippen LogP contribution in [0.15, 0.2) is 24.3 Å². The van der Waals surface area contributed by atoms with E-state index in [4.69, 9.17) is 10.00 Å². The van der Waals surface area contributed by atoms with Gasteiger partial charge in [0.25, 0.3) is 0 Å². The number of benzene rings is 1. The highest BCUT2D eigenvalue weighted by atomic mass is 16.5. The predicted octanol–water partition coefficient (Wildman–Crippen LogP) is 3.35. The molecule has 1 atom stereocenters. The Labute approximate surface area is 114 Å². The zero-order valence-electron chi connectivity index (χ0n) is 11.9. The number of nitrogens with zero attached hydrogens (tertiary/aromatic N) is 1. The van der Waals surface area contributed by atoms with Gasteiger partial charge in [0.05, 0.1) is 12.2 Å². The molecule has 102 valence electrons. The van der Waals surface area contributed by atoms with Gasteiger partial charge in [0.1, 0.15) is 11.2 Å². The summed E-state index contributed by atoms with van der Waals surface area (Å²) in [7, 11) is 0. The zero-order valence-corrected chi connectivity index (χ0v) is 11.9. The maximum Gasteiger partial charge on any atom is 0.244 e. The SMILES string of the molecule is CCC(C)(C#N)C(=O)Nc1ccc(OC(C)C)cc1. The number of carbonyl (C=O) groups is 1. The number of anilines is 1. The molecule has 1 rings (SSSR count). The molecule has 0 spiro atoms. The summed E-state index contributed by atoms with van der Waals surface area (Å²) in [4.78, 5) is 12.0. The molecule has 0 aromatic heterocycles. The lowest BCUT2D eigenvalue weighted by atomic mass is 9.88. The summed E-state index contributed by atoms with van der Waals surface area (Å²) < 4.78 is 5.52. The van der Waals surface area contributed by atoms with Gasteiger partial charge >= 0.3 is 0 Å². The second-order valence-corrected chi connectivity index (χ2v) is 4.94. The molecule has 0 fully saturated rings. The van der Waals surface area contributed by atoms with E-state index in [9.17, 15) is 4.79 Å². The van der Waals surface area contributed by atoms with Crippen LogP contribution in [0.3, 0.4) is 0 Å². The van der Waals surface area contributed by atoms with Gasteiger partial charge in [-0.25, -0.2) is 0 Å². The number of nitrogens with one attached hydrogen (secondary N) is 1. The minimum atomic E-state index is -0.993. The van der Waals surface area contributed by atoms with E-state index in [-0.39, 0.29) is 12.0 Å². The van der Waals surface area contributed by atoms with Gasteiger partial charge in [-0.2, -0.15) is 5.26 Å². The summed E-state index contributed by atoms with van der Waals surface area (Å²) in [5.41, 5.74) is -0.330. The zero-order chi connectivity index (χ0) is 14.5. The van der Waals surface area contributed by atoms with Crippen molar-refractivity contribution in [2.45, 2.75) is 40.2 Å². The fraction of sp³-hybridized carbons (Fsp3) is 0.467. The number of nitriles is 1. The van der Waals surface area contributed by atoms with Gasteiger partial charge < -0.3 is 10.1 Å². The molecule has 0 saturated heterocycles. The van der Waals surface area contributed by atoms with Crippen molar-refractivity contribution in [3.8, 4) is 11.8 Å². The molecule has 1 N–H and O–H groups in total. The monoisotopic (exact) mass is 260 g/mol. The van der Waals surface area contributed by atoms with Crippen molar-refractivity contribution in [3.05, 3.63) is 24.3 Å². The van der Waals surface area contributed by atoms with Crippen molar-refractivity contribution >= 4 is 11.6 Å². The van der Waals surface area contributed by atoms with E-state index in [1.54, 1.807) is 31.2 Å². The van der Waals surface area contributed by atoms with E-state index in [2.05, 4.69) is 5.32 Å². The first kappa shape index (κ1) is 15.0. The van der Waals surface area contributed by atoms with Crippen LogP contribution in [-0.2, 0) is 4.79 Å². The lowest BCUT2D eigenvalue weighted by Gasteiger charge is -2.18. The Balaban J connectivity index is 2.74. The third kappa shape index (κ3) is 3.99. The summed E-state index contributed by atoms with van der Waals surface area (Å²) in [6, 6.07) is 9.18. The quantitative estimate of drug-likeness (QED) is 0.883. The minimum Gasteiger partial charge on any atom is -0.491 e. The molecule has 4 nitrogen and oxygen atoms in total. The average molecular weight is 260 g/mol. The highest BCUT2D eigenvalue weighted by Crippen LogP contribution is 2.23. The Hall–Kier alpha value is -2.02. The second-order valence-electron chi connectivity index (χ2n) is 4.94. The summed E-state index contributed by atoms with van der Waals surface area (Å²) in [6.45, 7) is 7.37. The van der Waals surface area contributed by atoms with E-state index in [0.29, 0.717) is 12.1 Å². The first-order chi connectivity index (χ1) is 8.91. The summed E-state index contributed by atoms with van der Waals surface area (Å²) >= 11 is 0. The molecule has 1 aromatic rings. The Morgan fingerprint density at radius 1 is 1.42 bits per heavy atom. The van der Waals surface area contributed by atoms with Gasteiger partial charge in [-0.15, -0.1) is 0 Å². The van der Waals surface area contributed by atoms with Crippen molar-refractivity contribution in [3.63, 3.8) is 0 Å². The van der Waals surface area contributed by atoms with Gasteiger partial charge in [0.2, 0.25) is 5.91 Å². The number of rotatable bonds is 5. The summed E-state index contributed by atoms with van der Waals surface area (Å²) in [5.74, 6) is 0.474. The van der Waals surface area contributed by atoms with E-state index < -0.39 is 5.41 Å². The van der Waals surface area contributed by atoms with Crippen molar-refractivity contribution in [2.75, 3.05) is 5.32 Å². The van der Waals surface area contributed by atoms with E-state index in [0.717, 1.165) is 5.75 Å². The Morgan fingerprint density at radius 2 is 2.00 bits per heavy atom. The topological polar surface area (TPSA) is 62.1 Å². The third-order valence-corrected chi connectivity index (χ3v) is 2.94. The largest absolute Gasteiger partial charge is 0.491 e. The number of ether oxygens (including phenoxy) is 1. The van der Waals surface area contributed by atoms with Crippen LogP contribution in [0, 0.1) is 16.7 Å². The van der Waals surface area contributed by atoms with Crippen LogP contribution < -0.4 is 10.1 Å². The molecule has 0 aliphatic carbocycles. The first-order valence-electron chi connectivity index (χ1n) is 6.40. The average Bonchev–Trinajstić information content (AvgIpc) is 2.39. The van der Waals surface area contributed by atoms with Crippen LogP contribution in [0.25, 0.3) is 0 Å². The van der Waals surface area contributed by atoms with Gasteiger partial charge in [-0.3, -0.25) is 4.79 Å². The second kappa shape index (κ2) is 6.24. The highest BCUT2D eigenvalue weighted by molar-refractivity contribution is 5.96.